The lowest BCUT2D eigenvalue weighted by Gasteiger charge is -2.28. The highest BCUT2D eigenvalue weighted by Crippen LogP contribution is 2.16. The van der Waals surface area contributed by atoms with Gasteiger partial charge >= 0.3 is 16.3 Å². The molecule has 0 aliphatic rings. The molecule has 0 saturated carbocycles. The van der Waals surface area contributed by atoms with Crippen molar-refractivity contribution >= 4 is 27.9 Å². The molecule has 0 fully saturated rings. The Labute approximate surface area is 107 Å². The monoisotopic (exact) mass is 286 g/mol. The van der Waals surface area contributed by atoms with Crippen molar-refractivity contribution in [3.8, 4) is 0 Å². The highest BCUT2D eigenvalue weighted by Gasteiger charge is 2.28. The van der Waals surface area contributed by atoms with E-state index in [0.717, 1.165) is 0 Å². The summed E-state index contributed by atoms with van der Waals surface area (Å²) in [7, 11) is -3.93. The average molecular weight is 287 g/mol. The van der Waals surface area contributed by atoms with Gasteiger partial charge in [-0.25, -0.2) is 9.52 Å². The van der Waals surface area contributed by atoms with Crippen LogP contribution in [-0.2, 0) is 14.9 Å². The van der Waals surface area contributed by atoms with Crippen LogP contribution >= 0.6 is 11.6 Å². The first kappa shape index (κ1) is 16.5. The van der Waals surface area contributed by atoms with Crippen molar-refractivity contribution in [2.45, 2.75) is 39.2 Å². The maximum Gasteiger partial charge on any atom is 0.421 e. The second kappa shape index (κ2) is 7.03. The number of rotatable bonds is 7. The van der Waals surface area contributed by atoms with Gasteiger partial charge in [0.25, 0.3) is 0 Å². The minimum atomic E-state index is -3.93. The van der Waals surface area contributed by atoms with Crippen LogP contribution in [0.15, 0.2) is 0 Å². The second-order valence-electron chi connectivity index (χ2n) is 3.78. The fraction of sp³-hybridized carbons (Fsp3) is 0.889. The Bertz CT molecular complexity index is 347. The Hall–Kier alpha value is -0.530. The highest BCUT2D eigenvalue weighted by molar-refractivity contribution is 7.88. The van der Waals surface area contributed by atoms with E-state index >= 15 is 0 Å². The van der Waals surface area contributed by atoms with Crippen LogP contribution in [0.4, 0.5) is 4.79 Å². The zero-order chi connectivity index (χ0) is 13.5. The maximum atomic E-state index is 11.6. The standard InChI is InChI=1S/C9H19ClN2O4S/c1-4-9(3,6-7-10)12-17(14,15)11-8(13)16-5-2/h12H,4-7H2,1-3H3,(H,11,13). The molecule has 1 unspecified atom stereocenters. The van der Waals surface area contributed by atoms with E-state index in [4.69, 9.17) is 11.6 Å². The lowest BCUT2D eigenvalue weighted by Crippen LogP contribution is -2.51. The van der Waals surface area contributed by atoms with Gasteiger partial charge in [-0.05, 0) is 26.7 Å². The molecule has 0 aliphatic heterocycles. The Morgan fingerprint density at radius 1 is 1.41 bits per heavy atom. The van der Waals surface area contributed by atoms with Gasteiger partial charge in [0.05, 0.1) is 6.61 Å². The van der Waals surface area contributed by atoms with Crippen LogP contribution in [0.3, 0.4) is 0 Å². The normalized spacial score (nSPS) is 15.1. The van der Waals surface area contributed by atoms with Crippen molar-refractivity contribution in [1.29, 1.82) is 0 Å². The van der Waals surface area contributed by atoms with Gasteiger partial charge in [-0.15, -0.1) is 11.6 Å². The molecular formula is C9H19ClN2O4S. The first-order valence-corrected chi connectivity index (χ1v) is 7.34. The van der Waals surface area contributed by atoms with Crippen LogP contribution in [0.2, 0.25) is 0 Å². The van der Waals surface area contributed by atoms with Crippen molar-refractivity contribution in [3.63, 3.8) is 0 Å². The molecule has 2 N–H and O–H groups in total. The van der Waals surface area contributed by atoms with Crippen LogP contribution in [0.1, 0.15) is 33.6 Å². The summed E-state index contributed by atoms with van der Waals surface area (Å²) in [5.74, 6) is 0.326. The average Bonchev–Trinajstić information content (AvgIpc) is 2.16. The number of amides is 1. The lowest BCUT2D eigenvalue weighted by atomic mass is 9.97. The molecule has 102 valence electrons. The molecule has 8 heteroatoms. The van der Waals surface area contributed by atoms with Crippen LogP contribution in [0.5, 0.6) is 0 Å². The molecule has 0 radical (unpaired) electrons. The van der Waals surface area contributed by atoms with Gasteiger partial charge < -0.3 is 4.74 Å². The summed E-state index contributed by atoms with van der Waals surface area (Å²) in [5, 5.41) is 0. The molecule has 6 nitrogen and oxygen atoms in total. The zero-order valence-electron chi connectivity index (χ0n) is 10.2. The molecule has 0 aromatic carbocycles. The van der Waals surface area contributed by atoms with E-state index in [0.29, 0.717) is 18.7 Å². The molecule has 1 atom stereocenters. The minimum absolute atomic E-state index is 0.105. The van der Waals surface area contributed by atoms with Crippen LogP contribution in [-0.4, -0.2) is 32.5 Å². The smallest absolute Gasteiger partial charge is 0.421 e. The molecular weight excluding hydrogens is 268 g/mol. The number of carbonyl (C=O) groups excluding carboxylic acids is 1. The van der Waals surface area contributed by atoms with Crippen molar-refractivity contribution < 1.29 is 17.9 Å². The van der Waals surface area contributed by atoms with E-state index < -0.39 is 21.8 Å². The number of ether oxygens (including phenoxy) is 1. The number of halogens is 1. The van der Waals surface area contributed by atoms with Crippen molar-refractivity contribution in [1.82, 2.24) is 9.44 Å². The van der Waals surface area contributed by atoms with Crippen molar-refractivity contribution in [3.05, 3.63) is 0 Å². The van der Waals surface area contributed by atoms with Crippen molar-refractivity contribution in [2.24, 2.45) is 0 Å². The number of carbonyl (C=O) groups is 1. The third-order valence-corrected chi connectivity index (χ3v) is 3.69. The Morgan fingerprint density at radius 3 is 2.41 bits per heavy atom. The molecule has 0 bridgehead atoms. The third-order valence-electron chi connectivity index (χ3n) is 2.30. The number of alkyl halides is 1. The summed E-state index contributed by atoms with van der Waals surface area (Å²) >= 11 is 5.60. The summed E-state index contributed by atoms with van der Waals surface area (Å²) in [4.78, 5) is 11.0. The largest absolute Gasteiger partial charge is 0.449 e. The molecule has 0 aromatic heterocycles. The lowest BCUT2D eigenvalue weighted by molar-refractivity contribution is 0.158. The predicted octanol–water partition coefficient (Wildman–Crippen LogP) is 1.36. The van der Waals surface area contributed by atoms with E-state index in [1.807, 2.05) is 6.92 Å². The van der Waals surface area contributed by atoms with E-state index in [2.05, 4.69) is 9.46 Å². The molecule has 0 aliphatic carbocycles. The van der Waals surface area contributed by atoms with Gasteiger partial charge in [0.15, 0.2) is 0 Å². The number of hydrogen-bond donors (Lipinski definition) is 2. The fourth-order valence-corrected chi connectivity index (χ4v) is 2.77. The SMILES string of the molecule is CCOC(=O)NS(=O)(=O)NC(C)(CC)CCCl. The van der Waals surface area contributed by atoms with Gasteiger partial charge in [-0.2, -0.15) is 13.1 Å². The van der Waals surface area contributed by atoms with E-state index in [1.165, 1.54) is 0 Å². The first-order chi connectivity index (χ1) is 7.78. The summed E-state index contributed by atoms with van der Waals surface area (Å²) in [6, 6.07) is 0. The molecule has 0 spiro atoms. The van der Waals surface area contributed by atoms with E-state index in [9.17, 15) is 13.2 Å². The third kappa shape index (κ3) is 6.70. The molecule has 0 heterocycles. The minimum Gasteiger partial charge on any atom is -0.449 e. The molecule has 0 rings (SSSR count). The van der Waals surface area contributed by atoms with E-state index in [1.54, 1.807) is 18.6 Å². The topological polar surface area (TPSA) is 84.5 Å². The summed E-state index contributed by atoms with van der Waals surface area (Å²) in [5.41, 5.74) is -0.680. The second-order valence-corrected chi connectivity index (χ2v) is 5.57. The van der Waals surface area contributed by atoms with Gasteiger partial charge in [-0.3, -0.25) is 0 Å². The Morgan fingerprint density at radius 2 is 2.00 bits per heavy atom. The van der Waals surface area contributed by atoms with Crippen LogP contribution in [0, 0.1) is 0 Å². The number of nitrogens with one attached hydrogen (secondary N) is 2. The molecule has 0 aromatic rings. The van der Waals surface area contributed by atoms with Gasteiger partial charge in [0.1, 0.15) is 0 Å². The zero-order valence-corrected chi connectivity index (χ0v) is 11.8. The van der Waals surface area contributed by atoms with Gasteiger partial charge in [0.2, 0.25) is 0 Å². The van der Waals surface area contributed by atoms with E-state index in [-0.39, 0.29) is 6.61 Å². The quantitative estimate of drug-likeness (QED) is 0.692. The number of hydrogen-bond acceptors (Lipinski definition) is 4. The predicted molar refractivity (Wildman–Crippen MR) is 66.2 cm³/mol. The molecule has 1 amide bonds. The highest BCUT2D eigenvalue weighted by atomic mass is 35.5. The fourth-order valence-electron chi connectivity index (χ4n) is 1.13. The Balaban J connectivity index is 4.57. The van der Waals surface area contributed by atoms with Gasteiger partial charge in [0, 0.05) is 11.4 Å². The molecule has 0 saturated heterocycles. The first-order valence-electron chi connectivity index (χ1n) is 5.33. The summed E-state index contributed by atoms with van der Waals surface area (Å²) in [6.07, 6.45) is 0.0300. The summed E-state index contributed by atoms with van der Waals surface area (Å²) < 4.78 is 31.8. The van der Waals surface area contributed by atoms with Crippen molar-refractivity contribution in [2.75, 3.05) is 12.5 Å². The summed E-state index contributed by atoms with van der Waals surface area (Å²) in [6.45, 7) is 5.25. The van der Waals surface area contributed by atoms with Crippen LogP contribution in [0.25, 0.3) is 0 Å². The van der Waals surface area contributed by atoms with Gasteiger partial charge in [-0.1, -0.05) is 6.92 Å². The Kier molecular flexibility index (Phi) is 6.81. The van der Waals surface area contributed by atoms with Crippen LogP contribution < -0.4 is 9.44 Å². The molecule has 17 heavy (non-hydrogen) atoms. The maximum absolute atomic E-state index is 11.6.